The predicted octanol–water partition coefficient (Wildman–Crippen LogP) is 1.46. The van der Waals surface area contributed by atoms with E-state index in [0.717, 1.165) is 5.57 Å². The van der Waals surface area contributed by atoms with Gasteiger partial charge >= 0.3 is 6.09 Å². The number of hydrogen-bond donors (Lipinski definition) is 1. The van der Waals surface area contributed by atoms with Gasteiger partial charge in [0.2, 0.25) is 11.8 Å². The van der Waals surface area contributed by atoms with Crippen LogP contribution in [0.5, 0.6) is 0 Å². The van der Waals surface area contributed by atoms with Crippen molar-refractivity contribution in [2.24, 2.45) is 0 Å². The maximum Gasteiger partial charge on any atom is 0.414 e. The quantitative estimate of drug-likeness (QED) is 0.757. The van der Waals surface area contributed by atoms with E-state index >= 15 is 0 Å². The summed E-state index contributed by atoms with van der Waals surface area (Å²) in [5, 5.41) is 2.61. The molecule has 0 saturated carbocycles. The van der Waals surface area contributed by atoms with Crippen molar-refractivity contribution >= 4 is 29.2 Å². The Balaban J connectivity index is 1.66. The number of rotatable bonds is 6. The Morgan fingerprint density at radius 1 is 1.33 bits per heavy atom. The topological polar surface area (TPSA) is 82.2 Å². The number of halogens is 1. The zero-order chi connectivity index (χ0) is 21.8. The van der Waals surface area contributed by atoms with E-state index in [1.165, 1.54) is 17.9 Å². The van der Waals surface area contributed by atoms with Gasteiger partial charge in [0, 0.05) is 25.6 Å². The molecule has 2 aliphatic rings. The fourth-order valence-electron chi connectivity index (χ4n) is 3.54. The number of cyclic esters (lactones) is 1. The van der Waals surface area contributed by atoms with Crippen molar-refractivity contribution in [2.45, 2.75) is 19.4 Å². The third kappa shape index (κ3) is 5.15. The van der Waals surface area contributed by atoms with Crippen LogP contribution in [-0.4, -0.2) is 80.6 Å². The normalized spacial score (nSPS) is 19.0. The van der Waals surface area contributed by atoms with Crippen LogP contribution in [0.2, 0.25) is 0 Å². The Bertz CT molecular complexity index is 871. The Hall–Kier alpha value is -2.94. The lowest BCUT2D eigenvalue weighted by Gasteiger charge is -2.28. The first kappa shape index (κ1) is 21.8. The molecule has 2 heterocycles. The highest BCUT2D eigenvalue weighted by Gasteiger charge is 2.33. The summed E-state index contributed by atoms with van der Waals surface area (Å²) in [6.07, 6.45) is 1.41. The first-order valence-electron chi connectivity index (χ1n) is 9.88. The van der Waals surface area contributed by atoms with Crippen molar-refractivity contribution in [2.75, 3.05) is 51.7 Å². The molecule has 30 heavy (non-hydrogen) atoms. The third-order valence-electron chi connectivity index (χ3n) is 5.08. The van der Waals surface area contributed by atoms with Crippen molar-refractivity contribution in [1.82, 2.24) is 15.1 Å². The summed E-state index contributed by atoms with van der Waals surface area (Å²) in [7, 11) is 3.69. The highest BCUT2D eigenvalue weighted by Crippen LogP contribution is 2.29. The fraction of sp³-hybridized carbons (Fsp3) is 0.476. The summed E-state index contributed by atoms with van der Waals surface area (Å²) in [5.74, 6) is -0.583. The van der Waals surface area contributed by atoms with E-state index in [1.54, 1.807) is 17.0 Å². The van der Waals surface area contributed by atoms with Crippen LogP contribution in [0, 0.1) is 5.82 Å². The van der Waals surface area contributed by atoms with Crippen molar-refractivity contribution in [3.63, 3.8) is 0 Å². The van der Waals surface area contributed by atoms with E-state index in [4.69, 9.17) is 4.74 Å². The molecule has 0 unspecified atom stereocenters. The Labute approximate surface area is 175 Å². The molecule has 1 N–H and O–H groups in total. The number of ether oxygens (including phenoxy) is 1. The lowest BCUT2D eigenvalue weighted by atomic mass is 9.98. The second kappa shape index (κ2) is 9.25. The highest BCUT2D eigenvalue weighted by atomic mass is 19.1. The van der Waals surface area contributed by atoms with Crippen molar-refractivity contribution in [3.05, 3.63) is 35.7 Å². The zero-order valence-electron chi connectivity index (χ0n) is 17.5. The van der Waals surface area contributed by atoms with Gasteiger partial charge in [-0.15, -0.1) is 0 Å². The van der Waals surface area contributed by atoms with Crippen LogP contribution < -0.4 is 10.2 Å². The zero-order valence-corrected chi connectivity index (χ0v) is 17.5. The van der Waals surface area contributed by atoms with E-state index < -0.39 is 18.0 Å². The van der Waals surface area contributed by atoms with E-state index in [1.807, 2.05) is 25.1 Å². The fourth-order valence-corrected chi connectivity index (χ4v) is 3.54. The lowest BCUT2D eigenvalue weighted by Crippen LogP contribution is -2.40. The van der Waals surface area contributed by atoms with Crippen LogP contribution in [0.15, 0.2) is 24.3 Å². The Morgan fingerprint density at radius 3 is 2.70 bits per heavy atom. The molecule has 2 aliphatic heterocycles. The minimum atomic E-state index is -0.565. The number of carbonyl (C=O) groups is 3. The Kier molecular flexibility index (Phi) is 6.71. The monoisotopic (exact) mass is 418 g/mol. The molecule has 0 bridgehead atoms. The molecule has 3 rings (SSSR count). The van der Waals surface area contributed by atoms with Crippen LogP contribution in [0.4, 0.5) is 14.9 Å². The minimum absolute atomic E-state index is 0.0486. The van der Waals surface area contributed by atoms with E-state index in [9.17, 15) is 18.8 Å². The maximum atomic E-state index is 14.8. The molecule has 9 heteroatoms. The number of nitrogens with one attached hydrogen (secondary N) is 1. The molecule has 3 amide bonds. The SMILES string of the molecule is CC(=O)NC[C@H]1CN(c2ccc(C3=CCN(C(=O)CN(C)C)CC3)c(F)c2)C(=O)O1. The molecule has 1 atom stereocenters. The van der Waals surface area contributed by atoms with Gasteiger partial charge in [-0.2, -0.15) is 0 Å². The van der Waals surface area contributed by atoms with E-state index in [2.05, 4.69) is 5.32 Å². The largest absolute Gasteiger partial charge is 0.442 e. The smallest absolute Gasteiger partial charge is 0.414 e. The van der Waals surface area contributed by atoms with Gasteiger partial charge in [-0.25, -0.2) is 9.18 Å². The summed E-state index contributed by atoms with van der Waals surface area (Å²) < 4.78 is 20.1. The lowest BCUT2D eigenvalue weighted by molar-refractivity contribution is -0.131. The van der Waals surface area contributed by atoms with E-state index in [-0.39, 0.29) is 24.9 Å². The van der Waals surface area contributed by atoms with Gasteiger partial charge in [0.1, 0.15) is 11.9 Å². The highest BCUT2D eigenvalue weighted by molar-refractivity contribution is 5.90. The van der Waals surface area contributed by atoms with Crippen molar-refractivity contribution in [3.8, 4) is 0 Å². The van der Waals surface area contributed by atoms with Gasteiger partial charge in [-0.3, -0.25) is 14.5 Å². The average Bonchev–Trinajstić information content (AvgIpc) is 3.06. The predicted molar refractivity (Wildman–Crippen MR) is 110 cm³/mol. The molecule has 0 aliphatic carbocycles. The number of benzene rings is 1. The molecule has 1 saturated heterocycles. The standard InChI is InChI=1S/C21H27FN4O4/c1-14(27)23-11-17-12-26(21(29)30-17)16-4-5-18(19(22)10-16)15-6-8-25(9-7-15)20(28)13-24(2)3/h4-6,10,17H,7-9,11-13H2,1-3H3,(H,23,27)/t17-/m0/s1. The molecule has 0 radical (unpaired) electrons. The molecule has 8 nitrogen and oxygen atoms in total. The number of carbonyl (C=O) groups excluding carboxylic acids is 3. The number of nitrogens with zero attached hydrogens (tertiary/aromatic N) is 3. The first-order chi connectivity index (χ1) is 14.2. The molecule has 1 fully saturated rings. The molecule has 0 aromatic heterocycles. The second-order valence-electron chi connectivity index (χ2n) is 7.77. The molecule has 1 aromatic carbocycles. The van der Waals surface area contributed by atoms with Crippen LogP contribution in [0.3, 0.4) is 0 Å². The van der Waals surface area contributed by atoms with Crippen LogP contribution in [0.25, 0.3) is 5.57 Å². The summed E-state index contributed by atoms with van der Waals surface area (Å²) in [6, 6.07) is 4.66. The Morgan fingerprint density at radius 2 is 2.10 bits per heavy atom. The molecular weight excluding hydrogens is 391 g/mol. The molecule has 0 spiro atoms. The summed E-state index contributed by atoms with van der Waals surface area (Å²) in [5.41, 5.74) is 1.73. The summed E-state index contributed by atoms with van der Waals surface area (Å²) >= 11 is 0. The van der Waals surface area contributed by atoms with Gasteiger partial charge in [0.25, 0.3) is 0 Å². The average molecular weight is 418 g/mol. The van der Waals surface area contributed by atoms with Crippen molar-refractivity contribution < 1.29 is 23.5 Å². The summed E-state index contributed by atoms with van der Waals surface area (Å²) in [4.78, 5) is 40.2. The van der Waals surface area contributed by atoms with Crippen molar-refractivity contribution in [1.29, 1.82) is 0 Å². The number of hydrogen-bond acceptors (Lipinski definition) is 5. The van der Waals surface area contributed by atoms with Crippen LogP contribution in [0.1, 0.15) is 18.9 Å². The molecular formula is C21H27FN4O4. The van der Waals surface area contributed by atoms with Gasteiger partial charge in [0.15, 0.2) is 0 Å². The maximum absolute atomic E-state index is 14.8. The van der Waals surface area contributed by atoms with Crippen LogP contribution in [-0.2, 0) is 14.3 Å². The molecule has 1 aromatic rings. The summed E-state index contributed by atoms with van der Waals surface area (Å²) in [6.45, 7) is 3.19. The third-order valence-corrected chi connectivity index (χ3v) is 5.08. The van der Waals surface area contributed by atoms with Gasteiger partial charge < -0.3 is 19.9 Å². The minimum Gasteiger partial charge on any atom is -0.442 e. The number of likely N-dealkylation sites (N-methyl/N-ethyl adjacent to an activating group) is 1. The van der Waals surface area contributed by atoms with Gasteiger partial charge in [-0.05, 0) is 44.3 Å². The van der Waals surface area contributed by atoms with Crippen LogP contribution >= 0.6 is 0 Å². The van der Waals surface area contributed by atoms with E-state index in [0.29, 0.717) is 37.3 Å². The second-order valence-corrected chi connectivity index (χ2v) is 7.77. The van der Waals surface area contributed by atoms with Gasteiger partial charge in [0.05, 0.1) is 25.3 Å². The first-order valence-corrected chi connectivity index (χ1v) is 9.88. The number of amides is 3. The number of anilines is 1. The molecule has 162 valence electrons. The van der Waals surface area contributed by atoms with Gasteiger partial charge in [-0.1, -0.05) is 6.08 Å².